The maximum atomic E-state index is 11.1. The Labute approximate surface area is 81.1 Å². The second kappa shape index (κ2) is 3.40. The highest BCUT2D eigenvalue weighted by Crippen LogP contribution is 2.30. The van der Waals surface area contributed by atoms with Crippen LogP contribution in [0.5, 0.6) is 0 Å². The van der Waals surface area contributed by atoms with Gasteiger partial charge in [0.2, 0.25) is 5.60 Å². The van der Waals surface area contributed by atoms with E-state index in [0.717, 1.165) is 0 Å². The van der Waals surface area contributed by atoms with Gasteiger partial charge in [-0.2, -0.15) is 0 Å². The molecule has 1 aromatic rings. The van der Waals surface area contributed by atoms with Crippen LogP contribution in [-0.4, -0.2) is 24.5 Å². The Kier molecular flexibility index (Phi) is 2.23. The standard InChI is InChI=1S/C10H10O4/c11-9(12)10(6-13-7-14-10)8-4-2-1-3-5-8/h1-5H,6-7H2,(H,11,12). The Morgan fingerprint density at radius 3 is 2.57 bits per heavy atom. The number of rotatable bonds is 2. The lowest BCUT2D eigenvalue weighted by molar-refractivity contribution is -0.160. The predicted molar refractivity (Wildman–Crippen MR) is 47.7 cm³/mol. The van der Waals surface area contributed by atoms with E-state index in [1.54, 1.807) is 24.3 Å². The summed E-state index contributed by atoms with van der Waals surface area (Å²) in [4.78, 5) is 11.1. The SMILES string of the molecule is O=C(O)C1(c2ccccc2)COCO1. The van der Waals surface area contributed by atoms with E-state index < -0.39 is 11.6 Å². The molecular formula is C10H10O4. The van der Waals surface area contributed by atoms with Crippen molar-refractivity contribution in [2.75, 3.05) is 13.4 Å². The number of aliphatic carboxylic acids is 1. The zero-order valence-corrected chi connectivity index (χ0v) is 7.47. The van der Waals surface area contributed by atoms with Crippen LogP contribution in [0, 0.1) is 0 Å². The Morgan fingerprint density at radius 2 is 2.07 bits per heavy atom. The number of hydrogen-bond acceptors (Lipinski definition) is 3. The second-order valence-corrected chi connectivity index (χ2v) is 3.11. The lowest BCUT2D eigenvalue weighted by atomic mass is 9.95. The highest BCUT2D eigenvalue weighted by atomic mass is 16.7. The number of hydrogen-bond donors (Lipinski definition) is 1. The quantitative estimate of drug-likeness (QED) is 0.762. The minimum absolute atomic E-state index is 0.0290. The molecule has 1 aliphatic heterocycles. The molecule has 1 fully saturated rings. The molecule has 1 atom stereocenters. The average Bonchev–Trinajstić information content (AvgIpc) is 2.69. The van der Waals surface area contributed by atoms with E-state index in [0.29, 0.717) is 5.56 Å². The van der Waals surface area contributed by atoms with E-state index in [1.807, 2.05) is 6.07 Å². The molecule has 1 aromatic carbocycles. The summed E-state index contributed by atoms with van der Waals surface area (Å²) < 4.78 is 10.1. The Morgan fingerprint density at radius 1 is 1.36 bits per heavy atom. The molecule has 74 valence electrons. The largest absolute Gasteiger partial charge is 0.479 e. The predicted octanol–water partition coefficient (Wildman–Crippen LogP) is 0.971. The molecule has 2 rings (SSSR count). The van der Waals surface area contributed by atoms with E-state index in [2.05, 4.69) is 0 Å². The van der Waals surface area contributed by atoms with E-state index in [9.17, 15) is 4.79 Å². The molecule has 1 N–H and O–H groups in total. The van der Waals surface area contributed by atoms with Gasteiger partial charge in [-0.05, 0) is 5.56 Å². The van der Waals surface area contributed by atoms with Gasteiger partial charge in [-0.25, -0.2) is 4.79 Å². The Bertz CT molecular complexity index is 327. The fourth-order valence-electron chi connectivity index (χ4n) is 1.49. The molecule has 0 saturated carbocycles. The summed E-state index contributed by atoms with van der Waals surface area (Å²) >= 11 is 0. The number of benzene rings is 1. The second-order valence-electron chi connectivity index (χ2n) is 3.11. The monoisotopic (exact) mass is 194 g/mol. The highest BCUT2D eigenvalue weighted by Gasteiger charge is 2.45. The Hall–Kier alpha value is -1.39. The summed E-state index contributed by atoms with van der Waals surface area (Å²) in [5, 5.41) is 9.11. The number of carboxylic acids is 1. The first-order valence-corrected chi connectivity index (χ1v) is 4.26. The van der Waals surface area contributed by atoms with Crippen molar-refractivity contribution in [2.24, 2.45) is 0 Å². The first-order chi connectivity index (χ1) is 6.76. The molecule has 0 bridgehead atoms. The summed E-state index contributed by atoms with van der Waals surface area (Å²) in [5.41, 5.74) is -0.702. The van der Waals surface area contributed by atoms with Crippen LogP contribution in [0.25, 0.3) is 0 Å². The molecule has 4 heteroatoms. The van der Waals surface area contributed by atoms with Gasteiger partial charge in [0, 0.05) is 0 Å². The van der Waals surface area contributed by atoms with Crippen molar-refractivity contribution in [1.29, 1.82) is 0 Å². The van der Waals surface area contributed by atoms with Gasteiger partial charge in [0.1, 0.15) is 6.79 Å². The summed E-state index contributed by atoms with van der Waals surface area (Å²) in [5.74, 6) is -1.01. The van der Waals surface area contributed by atoms with Crippen molar-refractivity contribution in [1.82, 2.24) is 0 Å². The third kappa shape index (κ3) is 1.29. The van der Waals surface area contributed by atoms with Gasteiger partial charge < -0.3 is 14.6 Å². The third-order valence-electron chi connectivity index (χ3n) is 2.28. The number of carbonyl (C=O) groups is 1. The van der Waals surface area contributed by atoms with Crippen molar-refractivity contribution >= 4 is 5.97 Å². The van der Waals surface area contributed by atoms with Crippen molar-refractivity contribution in [2.45, 2.75) is 5.60 Å². The molecule has 1 aliphatic rings. The van der Waals surface area contributed by atoms with Crippen molar-refractivity contribution in [3.05, 3.63) is 35.9 Å². The van der Waals surface area contributed by atoms with Crippen LogP contribution in [0.15, 0.2) is 30.3 Å². The van der Waals surface area contributed by atoms with Crippen molar-refractivity contribution < 1.29 is 19.4 Å². The molecule has 0 amide bonds. The molecule has 1 saturated heterocycles. The topological polar surface area (TPSA) is 55.8 Å². The molecule has 4 nitrogen and oxygen atoms in total. The summed E-state index contributed by atoms with van der Waals surface area (Å²) in [6.07, 6.45) is 0. The van der Waals surface area contributed by atoms with Crippen molar-refractivity contribution in [3.8, 4) is 0 Å². The minimum atomic E-state index is -1.32. The fourth-order valence-corrected chi connectivity index (χ4v) is 1.49. The minimum Gasteiger partial charge on any atom is -0.479 e. The average molecular weight is 194 g/mol. The number of carboxylic acid groups (broad SMARTS) is 1. The van der Waals surface area contributed by atoms with Crippen LogP contribution in [-0.2, 0) is 19.9 Å². The van der Waals surface area contributed by atoms with E-state index in [-0.39, 0.29) is 13.4 Å². The molecule has 0 radical (unpaired) electrons. The zero-order chi connectivity index (χ0) is 10.0. The van der Waals surface area contributed by atoms with Crippen LogP contribution in [0.1, 0.15) is 5.56 Å². The van der Waals surface area contributed by atoms with E-state index in [4.69, 9.17) is 14.6 Å². The van der Waals surface area contributed by atoms with Crippen LogP contribution in [0.2, 0.25) is 0 Å². The molecule has 1 heterocycles. The first kappa shape index (κ1) is 9.18. The van der Waals surface area contributed by atoms with Gasteiger partial charge in [-0.15, -0.1) is 0 Å². The van der Waals surface area contributed by atoms with Gasteiger partial charge in [0.15, 0.2) is 0 Å². The fraction of sp³-hybridized carbons (Fsp3) is 0.300. The zero-order valence-electron chi connectivity index (χ0n) is 7.47. The maximum absolute atomic E-state index is 11.1. The molecule has 1 unspecified atom stereocenters. The van der Waals surface area contributed by atoms with Crippen LogP contribution in [0.3, 0.4) is 0 Å². The van der Waals surface area contributed by atoms with Gasteiger partial charge >= 0.3 is 5.97 Å². The smallest absolute Gasteiger partial charge is 0.343 e. The third-order valence-corrected chi connectivity index (χ3v) is 2.28. The summed E-state index contributed by atoms with van der Waals surface area (Å²) in [7, 11) is 0. The highest BCUT2D eigenvalue weighted by molar-refractivity contribution is 5.80. The van der Waals surface area contributed by atoms with Crippen LogP contribution in [0.4, 0.5) is 0 Å². The molecular weight excluding hydrogens is 184 g/mol. The lowest BCUT2D eigenvalue weighted by Crippen LogP contribution is -2.37. The maximum Gasteiger partial charge on any atom is 0.343 e. The first-order valence-electron chi connectivity index (χ1n) is 4.26. The molecule has 0 aromatic heterocycles. The van der Waals surface area contributed by atoms with Crippen molar-refractivity contribution in [3.63, 3.8) is 0 Å². The molecule has 0 spiro atoms. The van der Waals surface area contributed by atoms with E-state index >= 15 is 0 Å². The lowest BCUT2D eigenvalue weighted by Gasteiger charge is -2.21. The number of ether oxygens (including phenoxy) is 2. The van der Waals surface area contributed by atoms with Gasteiger partial charge in [-0.3, -0.25) is 0 Å². The summed E-state index contributed by atoms with van der Waals surface area (Å²) in [6.45, 7) is 0.0908. The van der Waals surface area contributed by atoms with Crippen LogP contribution >= 0.6 is 0 Å². The molecule has 0 aliphatic carbocycles. The molecule has 14 heavy (non-hydrogen) atoms. The van der Waals surface area contributed by atoms with Gasteiger partial charge in [-0.1, -0.05) is 30.3 Å². The van der Waals surface area contributed by atoms with Gasteiger partial charge in [0.25, 0.3) is 0 Å². The normalized spacial score (nSPS) is 26.3. The van der Waals surface area contributed by atoms with E-state index in [1.165, 1.54) is 0 Å². The summed E-state index contributed by atoms with van der Waals surface area (Å²) in [6, 6.07) is 8.84. The van der Waals surface area contributed by atoms with Gasteiger partial charge in [0.05, 0.1) is 6.61 Å². The van der Waals surface area contributed by atoms with Crippen LogP contribution < -0.4 is 0 Å². The Balaban J connectivity index is 2.42.